The molecule has 0 aliphatic carbocycles. The smallest absolute Gasteiger partial charge is 0.166 e. The second-order valence-corrected chi connectivity index (χ2v) is 3.63. The topological polar surface area (TPSA) is 73.1 Å². The molecule has 2 aromatic rings. The van der Waals surface area contributed by atoms with Crippen LogP contribution in [-0.4, -0.2) is 17.1 Å². The van der Waals surface area contributed by atoms with E-state index in [0.29, 0.717) is 28.0 Å². The normalized spacial score (nSPS) is 10.1. The Morgan fingerprint density at radius 1 is 1.35 bits per heavy atom. The molecule has 0 aliphatic rings. The van der Waals surface area contributed by atoms with Gasteiger partial charge in [-0.05, 0) is 12.1 Å². The van der Waals surface area contributed by atoms with Crippen molar-refractivity contribution >= 4 is 17.4 Å². The van der Waals surface area contributed by atoms with Gasteiger partial charge in [-0.2, -0.15) is 0 Å². The highest BCUT2D eigenvalue weighted by Crippen LogP contribution is 2.34. The van der Waals surface area contributed by atoms with Crippen molar-refractivity contribution in [1.29, 1.82) is 0 Å². The van der Waals surface area contributed by atoms with Gasteiger partial charge in [-0.15, -0.1) is 0 Å². The number of rotatable bonds is 3. The van der Waals surface area contributed by atoms with Crippen LogP contribution in [0.5, 0.6) is 5.75 Å². The Morgan fingerprint density at radius 3 is 2.88 bits per heavy atom. The predicted molar refractivity (Wildman–Crippen MR) is 66.8 cm³/mol. The van der Waals surface area contributed by atoms with E-state index < -0.39 is 0 Å². The number of methoxy groups -OCH3 is 1. The first-order valence-corrected chi connectivity index (χ1v) is 5.26. The van der Waals surface area contributed by atoms with Crippen LogP contribution in [0.1, 0.15) is 0 Å². The van der Waals surface area contributed by atoms with Gasteiger partial charge >= 0.3 is 0 Å². The Morgan fingerprint density at radius 2 is 2.18 bits per heavy atom. The summed E-state index contributed by atoms with van der Waals surface area (Å²) in [6, 6.07) is 7.01. The van der Waals surface area contributed by atoms with Crippen molar-refractivity contribution in [2.45, 2.75) is 0 Å². The second-order valence-electron chi connectivity index (χ2n) is 3.23. The van der Waals surface area contributed by atoms with Crippen molar-refractivity contribution in [1.82, 2.24) is 9.97 Å². The molecule has 0 saturated carbocycles. The standard InChI is InChI=1S/C11H11ClN4O/c1-17-8-4-2-3-7(12)10(8)11-14-6-5-9(15-11)16-13/h2-6H,13H2,1H3,(H,14,15,16). The molecule has 0 fully saturated rings. The first-order valence-electron chi connectivity index (χ1n) is 4.89. The number of hydrogen-bond donors (Lipinski definition) is 2. The fourth-order valence-corrected chi connectivity index (χ4v) is 1.70. The van der Waals surface area contributed by atoms with E-state index >= 15 is 0 Å². The van der Waals surface area contributed by atoms with E-state index in [1.165, 1.54) is 0 Å². The number of halogens is 1. The van der Waals surface area contributed by atoms with Crippen LogP contribution >= 0.6 is 11.6 Å². The maximum Gasteiger partial charge on any atom is 0.166 e. The number of nitrogens with two attached hydrogens (primary N) is 1. The maximum absolute atomic E-state index is 6.13. The summed E-state index contributed by atoms with van der Waals surface area (Å²) in [6.45, 7) is 0. The summed E-state index contributed by atoms with van der Waals surface area (Å²) in [5, 5.41) is 0.526. The number of hydrazine groups is 1. The molecule has 0 unspecified atom stereocenters. The van der Waals surface area contributed by atoms with Gasteiger partial charge < -0.3 is 10.2 Å². The lowest BCUT2D eigenvalue weighted by molar-refractivity contribution is 0.416. The Hall–Kier alpha value is -1.85. The largest absolute Gasteiger partial charge is 0.496 e. The first kappa shape index (κ1) is 11.6. The van der Waals surface area contributed by atoms with E-state index in [0.717, 1.165) is 0 Å². The van der Waals surface area contributed by atoms with Gasteiger partial charge in [0.05, 0.1) is 17.7 Å². The fourth-order valence-electron chi connectivity index (χ4n) is 1.45. The minimum absolute atomic E-state index is 0.461. The molecule has 1 heterocycles. The molecule has 88 valence electrons. The molecule has 0 atom stereocenters. The molecule has 2 rings (SSSR count). The summed E-state index contributed by atoms with van der Waals surface area (Å²) in [5.41, 5.74) is 3.11. The fraction of sp³-hybridized carbons (Fsp3) is 0.0909. The monoisotopic (exact) mass is 250 g/mol. The average molecular weight is 251 g/mol. The molecule has 0 spiro atoms. The van der Waals surface area contributed by atoms with Crippen molar-refractivity contribution in [3.05, 3.63) is 35.5 Å². The van der Waals surface area contributed by atoms with Crippen molar-refractivity contribution in [3.63, 3.8) is 0 Å². The van der Waals surface area contributed by atoms with Crippen LogP contribution < -0.4 is 16.0 Å². The second kappa shape index (κ2) is 4.99. The number of aromatic nitrogens is 2. The minimum atomic E-state index is 0.461. The van der Waals surface area contributed by atoms with E-state index in [1.54, 1.807) is 37.6 Å². The van der Waals surface area contributed by atoms with E-state index in [-0.39, 0.29) is 0 Å². The third-order valence-electron chi connectivity index (χ3n) is 2.22. The third kappa shape index (κ3) is 2.30. The molecule has 1 aromatic carbocycles. The Bertz CT molecular complexity index is 533. The molecule has 1 aromatic heterocycles. The van der Waals surface area contributed by atoms with Crippen LogP contribution in [0.2, 0.25) is 5.02 Å². The molecule has 0 amide bonds. The highest BCUT2D eigenvalue weighted by Gasteiger charge is 2.13. The number of nitrogens with zero attached hydrogens (tertiary/aromatic N) is 2. The summed E-state index contributed by atoms with van der Waals surface area (Å²) < 4.78 is 5.24. The molecule has 0 aliphatic heterocycles. The van der Waals surface area contributed by atoms with Gasteiger partial charge in [0.25, 0.3) is 0 Å². The molecule has 17 heavy (non-hydrogen) atoms. The van der Waals surface area contributed by atoms with Crippen LogP contribution in [-0.2, 0) is 0 Å². The average Bonchev–Trinajstić information content (AvgIpc) is 2.38. The van der Waals surface area contributed by atoms with E-state index in [4.69, 9.17) is 22.2 Å². The Kier molecular flexibility index (Phi) is 3.41. The van der Waals surface area contributed by atoms with Gasteiger partial charge in [0.2, 0.25) is 0 Å². The number of hydrogen-bond acceptors (Lipinski definition) is 5. The summed E-state index contributed by atoms with van der Waals surface area (Å²) in [6.07, 6.45) is 1.60. The molecular formula is C11H11ClN4O. The zero-order chi connectivity index (χ0) is 12.3. The zero-order valence-corrected chi connectivity index (χ0v) is 9.90. The highest BCUT2D eigenvalue weighted by molar-refractivity contribution is 6.33. The van der Waals surface area contributed by atoms with E-state index in [9.17, 15) is 0 Å². The van der Waals surface area contributed by atoms with Crippen LogP contribution in [0, 0.1) is 0 Å². The van der Waals surface area contributed by atoms with Crippen LogP contribution in [0.15, 0.2) is 30.5 Å². The highest BCUT2D eigenvalue weighted by atomic mass is 35.5. The Labute approximate surface area is 104 Å². The van der Waals surface area contributed by atoms with Crippen LogP contribution in [0.25, 0.3) is 11.4 Å². The lowest BCUT2D eigenvalue weighted by Gasteiger charge is -2.09. The van der Waals surface area contributed by atoms with Gasteiger partial charge in [0, 0.05) is 12.3 Å². The van der Waals surface area contributed by atoms with Gasteiger partial charge in [-0.3, -0.25) is 0 Å². The van der Waals surface area contributed by atoms with Gasteiger partial charge in [0.15, 0.2) is 5.82 Å². The SMILES string of the molecule is COc1cccc(Cl)c1-c1nccc(NN)n1. The summed E-state index contributed by atoms with van der Waals surface area (Å²) in [5.74, 6) is 6.89. The molecular weight excluding hydrogens is 240 g/mol. The summed E-state index contributed by atoms with van der Waals surface area (Å²) >= 11 is 6.13. The number of benzene rings is 1. The van der Waals surface area contributed by atoms with E-state index in [2.05, 4.69) is 15.4 Å². The molecule has 0 saturated heterocycles. The number of anilines is 1. The minimum Gasteiger partial charge on any atom is -0.496 e. The lowest BCUT2D eigenvalue weighted by atomic mass is 10.2. The molecule has 0 bridgehead atoms. The van der Waals surface area contributed by atoms with Crippen molar-refractivity contribution in [2.75, 3.05) is 12.5 Å². The summed E-state index contributed by atoms with van der Waals surface area (Å²) in [7, 11) is 1.57. The van der Waals surface area contributed by atoms with E-state index in [1.807, 2.05) is 0 Å². The van der Waals surface area contributed by atoms with Crippen molar-refractivity contribution in [2.24, 2.45) is 5.84 Å². The molecule has 3 N–H and O–H groups in total. The van der Waals surface area contributed by atoms with Crippen LogP contribution in [0.4, 0.5) is 5.82 Å². The maximum atomic E-state index is 6.13. The molecule has 5 nitrogen and oxygen atoms in total. The number of nitrogens with one attached hydrogen (secondary N) is 1. The van der Waals surface area contributed by atoms with Crippen molar-refractivity contribution in [3.8, 4) is 17.1 Å². The predicted octanol–water partition coefficient (Wildman–Crippen LogP) is 2.09. The van der Waals surface area contributed by atoms with Crippen LogP contribution in [0.3, 0.4) is 0 Å². The zero-order valence-electron chi connectivity index (χ0n) is 9.14. The number of nitrogen functional groups attached to an aromatic ring is 1. The third-order valence-corrected chi connectivity index (χ3v) is 2.54. The van der Waals surface area contributed by atoms with Gasteiger partial charge in [-0.25, -0.2) is 15.8 Å². The van der Waals surface area contributed by atoms with Gasteiger partial charge in [0.1, 0.15) is 11.6 Å². The summed E-state index contributed by atoms with van der Waals surface area (Å²) in [4.78, 5) is 8.38. The van der Waals surface area contributed by atoms with Crippen molar-refractivity contribution < 1.29 is 4.74 Å². The molecule has 0 radical (unpaired) electrons. The first-order chi connectivity index (χ1) is 8.26. The molecule has 6 heteroatoms. The quantitative estimate of drug-likeness (QED) is 0.645. The van der Waals surface area contributed by atoms with Gasteiger partial charge in [-0.1, -0.05) is 17.7 Å². The Balaban J connectivity index is 2.58. The number of ether oxygens (including phenoxy) is 1. The lowest BCUT2D eigenvalue weighted by Crippen LogP contribution is -2.09.